The molecule has 1 N–H and O–H groups in total. The van der Waals surface area contributed by atoms with E-state index in [2.05, 4.69) is 53.2 Å². The third-order valence-corrected chi connectivity index (χ3v) is 8.73. The lowest BCUT2D eigenvalue weighted by molar-refractivity contribution is -0.113. The molecule has 37 heavy (non-hydrogen) atoms. The summed E-state index contributed by atoms with van der Waals surface area (Å²) in [6.07, 6.45) is 0. The summed E-state index contributed by atoms with van der Waals surface area (Å²) in [5, 5.41) is 16.8. The molecule has 0 aliphatic heterocycles. The van der Waals surface area contributed by atoms with E-state index in [-0.39, 0.29) is 17.7 Å². The maximum absolute atomic E-state index is 12.9. The summed E-state index contributed by atoms with van der Waals surface area (Å²) in [5.74, 6) is 0.866. The van der Waals surface area contributed by atoms with Gasteiger partial charge in [-0.3, -0.25) is 9.36 Å². The van der Waals surface area contributed by atoms with Crippen molar-refractivity contribution >= 4 is 51.3 Å². The Kier molecular flexibility index (Phi) is 8.35. The minimum atomic E-state index is -0.513. The first-order valence-electron chi connectivity index (χ1n) is 11.5. The van der Waals surface area contributed by atoms with E-state index in [1.165, 1.54) is 40.6 Å². The third kappa shape index (κ3) is 5.58. The summed E-state index contributed by atoms with van der Waals surface area (Å²) in [4.78, 5) is 26.8. The van der Waals surface area contributed by atoms with Gasteiger partial charge in [0.15, 0.2) is 11.0 Å². The van der Waals surface area contributed by atoms with E-state index in [1.54, 1.807) is 18.4 Å². The van der Waals surface area contributed by atoms with Crippen molar-refractivity contribution in [3.63, 3.8) is 0 Å². The minimum absolute atomic E-state index is 0.114. The van der Waals surface area contributed by atoms with E-state index >= 15 is 0 Å². The summed E-state index contributed by atoms with van der Waals surface area (Å²) in [6, 6.07) is 7.48. The number of nitrogens with one attached hydrogen (secondary N) is 1. The fraction of sp³-hybridized carbons (Fsp3) is 0.308. The van der Waals surface area contributed by atoms with Gasteiger partial charge in [0.25, 0.3) is 0 Å². The molecule has 0 fully saturated rings. The number of benzene rings is 1. The predicted molar refractivity (Wildman–Crippen MR) is 150 cm³/mol. The van der Waals surface area contributed by atoms with Crippen LogP contribution in [-0.2, 0) is 9.53 Å². The zero-order chi connectivity index (χ0) is 26.7. The van der Waals surface area contributed by atoms with Crippen molar-refractivity contribution in [1.29, 1.82) is 0 Å². The Morgan fingerprint density at radius 1 is 1.05 bits per heavy atom. The highest BCUT2D eigenvalue weighted by Crippen LogP contribution is 2.37. The second-order valence-corrected chi connectivity index (χ2v) is 11.4. The molecule has 0 aliphatic rings. The van der Waals surface area contributed by atoms with Crippen LogP contribution in [0.2, 0.25) is 0 Å². The Labute approximate surface area is 228 Å². The van der Waals surface area contributed by atoms with Gasteiger partial charge in [0.05, 0.1) is 20.0 Å². The van der Waals surface area contributed by atoms with Crippen LogP contribution in [0.1, 0.15) is 40.7 Å². The smallest absolute Gasteiger partial charge is 0.341 e. The lowest BCUT2D eigenvalue weighted by atomic mass is 10.0. The number of thiophene rings is 2. The predicted octanol–water partition coefficient (Wildman–Crippen LogP) is 6.46. The van der Waals surface area contributed by atoms with Crippen LogP contribution in [0.15, 0.2) is 40.2 Å². The van der Waals surface area contributed by atoms with Crippen LogP contribution in [0.4, 0.5) is 5.00 Å². The molecule has 0 aliphatic carbocycles. The molecule has 3 heterocycles. The average molecular weight is 557 g/mol. The molecule has 0 saturated carbocycles. The molecule has 194 valence electrons. The van der Waals surface area contributed by atoms with Crippen LogP contribution in [-0.4, -0.2) is 46.6 Å². The topological polar surface area (TPSA) is 95.3 Å². The van der Waals surface area contributed by atoms with Crippen molar-refractivity contribution in [1.82, 2.24) is 14.8 Å². The molecule has 4 rings (SSSR count). The third-order valence-electron chi connectivity index (χ3n) is 5.87. The largest absolute Gasteiger partial charge is 0.497 e. The van der Waals surface area contributed by atoms with E-state index in [1.807, 2.05) is 29.6 Å². The number of hydrogen-bond acceptors (Lipinski definition) is 9. The highest BCUT2D eigenvalue weighted by molar-refractivity contribution is 7.99. The molecule has 11 heteroatoms. The molecule has 0 spiro atoms. The average Bonchev–Trinajstić information content (AvgIpc) is 3.59. The standard InChI is InChI=1S/C26H28N4O4S3/c1-14(2)30-23(19-11-35-16(4)15(19)3)28-29-26(30)37-13-21(31)27-24-22(25(32)34-6)20(12-36-24)17-7-9-18(33-5)10-8-17/h7-12,14H,13H2,1-6H3,(H,27,31). The highest BCUT2D eigenvalue weighted by atomic mass is 32.2. The number of carbonyl (C=O) groups excluding carboxylic acids is 2. The van der Waals surface area contributed by atoms with Gasteiger partial charge in [-0.2, -0.15) is 0 Å². The number of hydrogen-bond donors (Lipinski definition) is 1. The Bertz CT molecular complexity index is 1420. The van der Waals surface area contributed by atoms with Gasteiger partial charge in [-0.25, -0.2) is 4.79 Å². The minimum Gasteiger partial charge on any atom is -0.497 e. The first kappa shape index (κ1) is 26.9. The summed E-state index contributed by atoms with van der Waals surface area (Å²) in [6.45, 7) is 8.31. The number of aryl methyl sites for hydroxylation is 1. The van der Waals surface area contributed by atoms with Crippen molar-refractivity contribution in [2.75, 3.05) is 25.3 Å². The molecule has 0 atom stereocenters. The van der Waals surface area contributed by atoms with Crippen LogP contribution in [0.5, 0.6) is 5.75 Å². The summed E-state index contributed by atoms with van der Waals surface area (Å²) < 4.78 is 12.3. The number of ether oxygens (including phenoxy) is 2. The van der Waals surface area contributed by atoms with Gasteiger partial charge in [-0.05, 0) is 51.0 Å². The van der Waals surface area contributed by atoms with Gasteiger partial charge in [-0.15, -0.1) is 32.9 Å². The molecule has 0 saturated heterocycles. The molecule has 8 nitrogen and oxygen atoms in total. The van der Waals surface area contributed by atoms with Gasteiger partial charge in [0.2, 0.25) is 5.91 Å². The van der Waals surface area contributed by atoms with Crippen LogP contribution in [0.3, 0.4) is 0 Å². The van der Waals surface area contributed by atoms with Gasteiger partial charge >= 0.3 is 5.97 Å². The molecule has 0 unspecified atom stereocenters. The fourth-order valence-corrected chi connectivity index (χ4v) is 6.49. The highest BCUT2D eigenvalue weighted by Gasteiger charge is 2.24. The van der Waals surface area contributed by atoms with Gasteiger partial charge < -0.3 is 14.8 Å². The maximum atomic E-state index is 12.9. The number of esters is 1. The number of rotatable bonds is 9. The van der Waals surface area contributed by atoms with Crippen molar-refractivity contribution < 1.29 is 19.1 Å². The quantitative estimate of drug-likeness (QED) is 0.187. The second kappa shape index (κ2) is 11.5. The van der Waals surface area contributed by atoms with Crippen LogP contribution < -0.4 is 10.1 Å². The molecule has 0 bridgehead atoms. The first-order chi connectivity index (χ1) is 17.7. The molecular weight excluding hydrogens is 529 g/mol. The first-order valence-corrected chi connectivity index (χ1v) is 14.3. The van der Waals surface area contributed by atoms with Crippen LogP contribution in [0, 0.1) is 13.8 Å². The Morgan fingerprint density at radius 2 is 1.76 bits per heavy atom. The van der Waals surface area contributed by atoms with Crippen LogP contribution >= 0.6 is 34.4 Å². The van der Waals surface area contributed by atoms with Crippen molar-refractivity contribution in [2.24, 2.45) is 0 Å². The number of aromatic nitrogens is 3. The monoisotopic (exact) mass is 556 g/mol. The van der Waals surface area contributed by atoms with Crippen molar-refractivity contribution in [3.8, 4) is 28.3 Å². The van der Waals surface area contributed by atoms with E-state index in [0.717, 1.165) is 17.0 Å². The molecule has 3 aromatic heterocycles. The van der Waals surface area contributed by atoms with Crippen molar-refractivity contribution in [3.05, 3.63) is 51.0 Å². The Balaban J connectivity index is 1.53. The second-order valence-electron chi connectivity index (χ2n) is 8.51. The van der Waals surface area contributed by atoms with Gasteiger partial charge in [-0.1, -0.05) is 23.9 Å². The number of thioether (sulfide) groups is 1. The Hall–Kier alpha value is -3.15. The van der Waals surface area contributed by atoms with E-state index in [9.17, 15) is 9.59 Å². The summed E-state index contributed by atoms with van der Waals surface area (Å²) >= 11 is 4.28. The fourth-order valence-electron chi connectivity index (χ4n) is 3.79. The number of carbonyl (C=O) groups is 2. The zero-order valence-corrected chi connectivity index (χ0v) is 23.9. The SMILES string of the molecule is COC(=O)c1c(-c2ccc(OC)cc2)csc1NC(=O)CSc1nnc(-c2csc(C)c2C)n1C(C)C. The number of methoxy groups -OCH3 is 2. The Morgan fingerprint density at radius 3 is 2.35 bits per heavy atom. The normalized spacial score (nSPS) is 11.1. The van der Waals surface area contributed by atoms with Gasteiger partial charge in [0.1, 0.15) is 16.3 Å². The number of anilines is 1. The summed E-state index contributed by atoms with van der Waals surface area (Å²) in [7, 11) is 2.92. The molecular formula is C26H28N4O4S3. The molecule has 4 aromatic rings. The molecule has 0 radical (unpaired) electrons. The number of nitrogens with zero attached hydrogens (tertiary/aromatic N) is 3. The maximum Gasteiger partial charge on any atom is 0.341 e. The van der Waals surface area contributed by atoms with Crippen LogP contribution in [0.25, 0.3) is 22.5 Å². The van der Waals surface area contributed by atoms with E-state index < -0.39 is 5.97 Å². The lowest BCUT2D eigenvalue weighted by Gasteiger charge is -2.14. The van der Waals surface area contributed by atoms with Crippen molar-refractivity contribution in [2.45, 2.75) is 38.9 Å². The van der Waals surface area contributed by atoms with E-state index in [4.69, 9.17) is 9.47 Å². The molecule has 1 aromatic carbocycles. The van der Waals surface area contributed by atoms with E-state index in [0.29, 0.717) is 27.0 Å². The summed E-state index contributed by atoms with van der Waals surface area (Å²) in [5.41, 5.74) is 4.09. The zero-order valence-electron chi connectivity index (χ0n) is 21.4. The van der Waals surface area contributed by atoms with Gasteiger partial charge in [0, 0.05) is 32.8 Å². The number of amides is 1. The molecule has 1 amide bonds. The lowest BCUT2D eigenvalue weighted by Crippen LogP contribution is -2.16.